The molecule has 1 rings (SSSR count). The third-order valence-electron chi connectivity index (χ3n) is 2.83. The summed E-state index contributed by atoms with van der Waals surface area (Å²) in [6.45, 7) is 9.57. The molecule has 0 bridgehead atoms. The number of nitriles is 1. The molecule has 4 heteroatoms. The van der Waals surface area contributed by atoms with Crippen molar-refractivity contribution in [1.29, 1.82) is 5.26 Å². The Morgan fingerprint density at radius 2 is 2.28 bits per heavy atom. The summed E-state index contributed by atoms with van der Waals surface area (Å²) in [5.74, 6) is 1.01. The fourth-order valence-electron chi connectivity index (χ4n) is 1.87. The molecule has 98 valence electrons. The van der Waals surface area contributed by atoms with Crippen LogP contribution in [0.4, 0.5) is 5.82 Å². The molecule has 0 spiro atoms. The van der Waals surface area contributed by atoms with Crippen LogP contribution in [0.25, 0.3) is 0 Å². The van der Waals surface area contributed by atoms with Gasteiger partial charge in [-0.3, -0.25) is 4.90 Å². The smallest absolute Gasteiger partial charge is 0.130 e. The highest BCUT2D eigenvalue weighted by atomic mass is 15.1. The van der Waals surface area contributed by atoms with Crippen molar-refractivity contribution >= 4 is 5.82 Å². The molecule has 0 saturated heterocycles. The van der Waals surface area contributed by atoms with Crippen molar-refractivity contribution in [3.05, 3.63) is 23.9 Å². The SMILES string of the molecule is CCNc1ncccc1CN(CC)CC(C)C#N. The lowest BCUT2D eigenvalue weighted by atomic mass is 10.1. The summed E-state index contributed by atoms with van der Waals surface area (Å²) < 4.78 is 0. The number of hydrogen-bond acceptors (Lipinski definition) is 4. The molecule has 1 unspecified atom stereocenters. The highest BCUT2D eigenvalue weighted by Gasteiger charge is 2.11. The van der Waals surface area contributed by atoms with E-state index in [9.17, 15) is 0 Å². The second kappa shape index (κ2) is 7.67. The average Bonchev–Trinajstić information content (AvgIpc) is 2.40. The number of rotatable bonds is 7. The Morgan fingerprint density at radius 3 is 2.89 bits per heavy atom. The third kappa shape index (κ3) is 4.34. The molecule has 0 aliphatic carbocycles. The van der Waals surface area contributed by atoms with Gasteiger partial charge in [-0.15, -0.1) is 0 Å². The van der Waals surface area contributed by atoms with Crippen LogP contribution in [-0.2, 0) is 6.54 Å². The molecule has 0 fully saturated rings. The van der Waals surface area contributed by atoms with Gasteiger partial charge in [0.2, 0.25) is 0 Å². The standard InChI is InChI=1S/C14H22N4/c1-4-16-14-13(7-6-8-17-14)11-18(5-2)10-12(3)9-15/h6-8,12H,4-5,10-11H2,1-3H3,(H,16,17). The van der Waals surface area contributed by atoms with Gasteiger partial charge in [-0.1, -0.05) is 13.0 Å². The Labute approximate surface area is 110 Å². The first-order valence-electron chi connectivity index (χ1n) is 6.51. The molecule has 1 N–H and O–H groups in total. The van der Waals surface area contributed by atoms with Crippen molar-refractivity contribution in [1.82, 2.24) is 9.88 Å². The van der Waals surface area contributed by atoms with Crippen LogP contribution in [0, 0.1) is 17.2 Å². The molecule has 0 amide bonds. The first-order valence-corrected chi connectivity index (χ1v) is 6.51. The van der Waals surface area contributed by atoms with Crippen LogP contribution in [0.1, 0.15) is 26.3 Å². The number of aromatic nitrogens is 1. The zero-order valence-electron chi connectivity index (χ0n) is 11.5. The molecule has 1 aromatic heterocycles. The van der Waals surface area contributed by atoms with E-state index < -0.39 is 0 Å². The van der Waals surface area contributed by atoms with Crippen LogP contribution < -0.4 is 5.32 Å². The van der Waals surface area contributed by atoms with Crippen LogP contribution in [-0.4, -0.2) is 29.5 Å². The van der Waals surface area contributed by atoms with Gasteiger partial charge in [0.25, 0.3) is 0 Å². The lowest BCUT2D eigenvalue weighted by Crippen LogP contribution is -2.28. The lowest BCUT2D eigenvalue weighted by molar-refractivity contribution is 0.260. The van der Waals surface area contributed by atoms with Crippen molar-refractivity contribution in [2.75, 3.05) is 25.0 Å². The summed E-state index contributed by atoms with van der Waals surface area (Å²) in [6, 6.07) is 6.33. The maximum Gasteiger partial charge on any atom is 0.130 e. The highest BCUT2D eigenvalue weighted by Crippen LogP contribution is 2.14. The van der Waals surface area contributed by atoms with Crippen molar-refractivity contribution in [2.45, 2.75) is 27.3 Å². The Hall–Kier alpha value is -1.60. The van der Waals surface area contributed by atoms with Gasteiger partial charge in [0.05, 0.1) is 12.0 Å². The molecular formula is C14H22N4. The summed E-state index contributed by atoms with van der Waals surface area (Å²) in [7, 11) is 0. The van der Waals surface area contributed by atoms with Crippen molar-refractivity contribution in [2.24, 2.45) is 5.92 Å². The third-order valence-corrected chi connectivity index (χ3v) is 2.83. The summed E-state index contributed by atoms with van der Waals surface area (Å²) >= 11 is 0. The lowest BCUT2D eigenvalue weighted by Gasteiger charge is -2.22. The summed E-state index contributed by atoms with van der Waals surface area (Å²) in [4.78, 5) is 6.62. The Balaban J connectivity index is 2.72. The number of hydrogen-bond donors (Lipinski definition) is 1. The van der Waals surface area contributed by atoms with Crippen molar-refractivity contribution < 1.29 is 0 Å². The van der Waals surface area contributed by atoms with Crippen LogP contribution in [0.5, 0.6) is 0 Å². The maximum absolute atomic E-state index is 8.88. The van der Waals surface area contributed by atoms with E-state index in [1.165, 1.54) is 5.56 Å². The minimum Gasteiger partial charge on any atom is -0.370 e. The molecule has 0 aromatic carbocycles. The van der Waals surface area contributed by atoms with Gasteiger partial charge in [0, 0.05) is 31.4 Å². The highest BCUT2D eigenvalue weighted by molar-refractivity contribution is 5.43. The number of nitrogens with zero attached hydrogens (tertiary/aromatic N) is 3. The number of nitrogens with one attached hydrogen (secondary N) is 1. The Morgan fingerprint density at radius 1 is 1.50 bits per heavy atom. The quantitative estimate of drug-likeness (QED) is 0.803. The molecule has 0 aliphatic rings. The van der Waals surface area contributed by atoms with Crippen molar-refractivity contribution in [3.8, 4) is 6.07 Å². The normalized spacial score (nSPS) is 12.2. The molecule has 1 heterocycles. The Bertz CT molecular complexity index is 397. The summed E-state index contributed by atoms with van der Waals surface area (Å²) in [6.07, 6.45) is 1.80. The van der Waals surface area contributed by atoms with Gasteiger partial charge in [-0.05, 0) is 26.5 Å². The van der Waals surface area contributed by atoms with Crippen LogP contribution in [0.15, 0.2) is 18.3 Å². The topological polar surface area (TPSA) is 52.0 Å². The van der Waals surface area contributed by atoms with Gasteiger partial charge in [0.15, 0.2) is 0 Å². The van der Waals surface area contributed by atoms with E-state index in [4.69, 9.17) is 5.26 Å². The molecule has 1 atom stereocenters. The Kier molecular flexibility index (Phi) is 6.16. The van der Waals surface area contributed by atoms with Crippen LogP contribution in [0.2, 0.25) is 0 Å². The number of pyridine rings is 1. The first-order chi connectivity index (χ1) is 8.71. The zero-order valence-corrected chi connectivity index (χ0v) is 11.5. The molecule has 4 nitrogen and oxygen atoms in total. The maximum atomic E-state index is 8.88. The van der Waals surface area contributed by atoms with E-state index in [0.29, 0.717) is 0 Å². The summed E-state index contributed by atoms with van der Waals surface area (Å²) in [5, 5.41) is 12.2. The van der Waals surface area contributed by atoms with E-state index >= 15 is 0 Å². The van der Waals surface area contributed by atoms with E-state index in [0.717, 1.165) is 32.0 Å². The van der Waals surface area contributed by atoms with Gasteiger partial charge >= 0.3 is 0 Å². The molecule has 18 heavy (non-hydrogen) atoms. The molecule has 0 saturated carbocycles. The minimum atomic E-state index is 0.0594. The van der Waals surface area contributed by atoms with Crippen molar-refractivity contribution in [3.63, 3.8) is 0 Å². The fraction of sp³-hybridized carbons (Fsp3) is 0.571. The second-order valence-corrected chi connectivity index (χ2v) is 4.40. The number of anilines is 1. The van der Waals surface area contributed by atoms with Crippen LogP contribution in [0.3, 0.4) is 0 Å². The zero-order chi connectivity index (χ0) is 13.4. The largest absolute Gasteiger partial charge is 0.370 e. The van der Waals surface area contributed by atoms with E-state index in [1.807, 2.05) is 13.0 Å². The molecular weight excluding hydrogens is 224 g/mol. The average molecular weight is 246 g/mol. The monoisotopic (exact) mass is 246 g/mol. The molecule has 0 radical (unpaired) electrons. The van der Waals surface area contributed by atoms with Gasteiger partial charge in [0.1, 0.15) is 5.82 Å². The fourth-order valence-corrected chi connectivity index (χ4v) is 1.87. The minimum absolute atomic E-state index is 0.0594. The van der Waals surface area contributed by atoms with E-state index in [2.05, 4.69) is 41.2 Å². The molecule has 1 aromatic rings. The second-order valence-electron chi connectivity index (χ2n) is 4.40. The van der Waals surface area contributed by atoms with E-state index in [-0.39, 0.29) is 5.92 Å². The van der Waals surface area contributed by atoms with Gasteiger partial charge in [-0.25, -0.2) is 4.98 Å². The predicted octanol–water partition coefficient (Wildman–Crippen LogP) is 2.49. The van der Waals surface area contributed by atoms with E-state index in [1.54, 1.807) is 6.20 Å². The first kappa shape index (κ1) is 14.5. The summed E-state index contributed by atoms with van der Waals surface area (Å²) in [5.41, 5.74) is 1.19. The van der Waals surface area contributed by atoms with Gasteiger partial charge in [-0.2, -0.15) is 5.26 Å². The van der Waals surface area contributed by atoms with Crippen LogP contribution >= 0.6 is 0 Å². The van der Waals surface area contributed by atoms with Gasteiger partial charge < -0.3 is 5.32 Å². The predicted molar refractivity (Wildman–Crippen MR) is 74.1 cm³/mol. The molecule has 0 aliphatic heterocycles.